The molecule has 1 unspecified atom stereocenters. The van der Waals surface area contributed by atoms with Crippen LogP contribution in [0.25, 0.3) is 22.6 Å². The number of halogens is 1. The number of carbonyl (C=O) groups excluding carboxylic acids is 1. The number of nitriles is 1. The molecule has 0 aliphatic heterocycles. The molecule has 4 rings (SSSR count). The molecule has 8 heteroatoms. The van der Waals surface area contributed by atoms with Crippen molar-refractivity contribution in [2.24, 2.45) is 0 Å². The van der Waals surface area contributed by atoms with Crippen LogP contribution in [0.15, 0.2) is 76.4 Å². The van der Waals surface area contributed by atoms with Gasteiger partial charge in [0.15, 0.2) is 5.78 Å². The van der Waals surface area contributed by atoms with Gasteiger partial charge in [-0.1, -0.05) is 30.7 Å². The lowest BCUT2D eigenvalue weighted by Crippen LogP contribution is -2.30. The highest BCUT2D eigenvalue weighted by atomic mass is 35.5. The number of hydrogen-bond donors (Lipinski definition) is 0. The van der Waals surface area contributed by atoms with Crippen molar-refractivity contribution in [3.8, 4) is 34.4 Å². The Hall–Kier alpha value is -4.15. The summed E-state index contributed by atoms with van der Waals surface area (Å²) in [6.45, 7) is 1.85. The quantitative estimate of drug-likeness (QED) is 0.327. The van der Waals surface area contributed by atoms with Gasteiger partial charge in [-0.3, -0.25) is 9.59 Å². The number of oxazole rings is 1. The van der Waals surface area contributed by atoms with Crippen molar-refractivity contribution in [1.29, 1.82) is 5.26 Å². The Morgan fingerprint density at radius 1 is 1.20 bits per heavy atom. The van der Waals surface area contributed by atoms with Crippen molar-refractivity contribution in [2.45, 2.75) is 25.8 Å². The van der Waals surface area contributed by atoms with Gasteiger partial charge in [-0.15, -0.1) is 0 Å². The highest BCUT2D eigenvalue weighted by Gasteiger charge is 2.23. The molecule has 0 saturated heterocycles. The lowest BCUT2D eigenvalue weighted by molar-refractivity contribution is -0.121. The molecular weight excluding hydrogens is 466 g/mol. The van der Waals surface area contributed by atoms with Gasteiger partial charge < -0.3 is 13.7 Å². The van der Waals surface area contributed by atoms with Gasteiger partial charge in [0.25, 0.3) is 5.56 Å². The van der Waals surface area contributed by atoms with Crippen molar-refractivity contribution in [3.05, 3.63) is 93.7 Å². The second-order valence-corrected chi connectivity index (χ2v) is 8.34. The number of methoxy groups -OCH3 is 1. The maximum atomic E-state index is 13.2. The standard InChI is InChI=1S/C27H22ClN3O4/c1-3-23(24(32)12-17-4-6-18(7-5-17)27-30-10-11-35-27)31-16-25(34-2)22(14-26(31)33)21-13-20(28)9-8-19(21)15-29/h4-11,13-14,16,23H,3,12H2,1-2H3. The molecule has 0 fully saturated rings. The number of benzene rings is 2. The molecule has 0 amide bonds. The number of aromatic nitrogens is 2. The summed E-state index contributed by atoms with van der Waals surface area (Å²) in [6, 6.07) is 15.0. The first-order valence-corrected chi connectivity index (χ1v) is 11.3. The molecule has 2 heterocycles. The Labute approximate surface area is 207 Å². The number of pyridine rings is 1. The second kappa shape index (κ2) is 10.4. The minimum Gasteiger partial charge on any atom is -0.495 e. The number of Topliss-reactive ketones (excluding diaryl/α,β-unsaturated/α-hetero) is 1. The largest absolute Gasteiger partial charge is 0.495 e. The van der Waals surface area contributed by atoms with E-state index >= 15 is 0 Å². The smallest absolute Gasteiger partial charge is 0.252 e. The van der Waals surface area contributed by atoms with Gasteiger partial charge in [0.2, 0.25) is 5.89 Å². The summed E-state index contributed by atoms with van der Waals surface area (Å²) in [5.74, 6) is 0.769. The average molecular weight is 488 g/mol. The Morgan fingerprint density at radius 3 is 2.60 bits per heavy atom. The van der Waals surface area contributed by atoms with E-state index in [1.165, 1.54) is 30.2 Å². The number of hydrogen-bond acceptors (Lipinski definition) is 6. The number of nitrogens with zero attached hydrogens (tertiary/aromatic N) is 3. The highest BCUT2D eigenvalue weighted by Crippen LogP contribution is 2.33. The van der Waals surface area contributed by atoms with Gasteiger partial charge in [-0.2, -0.15) is 5.26 Å². The molecule has 0 radical (unpaired) electrons. The van der Waals surface area contributed by atoms with Crippen LogP contribution in [0.1, 0.15) is 30.5 Å². The Balaban J connectivity index is 1.64. The van der Waals surface area contributed by atoms with Crippen molar-refractivity contribution in [1.82, 2.24) is 9.55 Å². The van der Waals surface area contributed by atoms with Crippen LogP contribution in [0.5, 0.6) is 5.75 Å². The topological polar surface area (TPSA) is 98.1 Å². The third-order valence-corrected chi connectivity index (χ3v) is 6.00. The number of ketones is 1. The van der Waals surface area contributed by atoms with E-state index in [-0.39, 0.29) is 17.8 Å². The van der Waals surface area contributed by atoms with Crippen LogP contribution >= 0.6 is 11.6 Å². The maximum absolute atomic E-state index is 13.2. The van der Waals surface area contributed by atoms with Gasteiger partial charge >= 0.3 is 0 Å². The second-order valence-electron chi connectivity index (χ2n) is 7.90. The minimum absolute atomic E-state index is 0.103. The molecule has 2 aromatic carbocycles. The number of rotatable bonds is 8. The van der Waals surface area contributed by atoms with Crippen LogP contribution in [0.3, 0.4) is 0 Å². The molecule has 7 nitrogen and oxygen atoms in total. The Bertz CT molecular complexity index is 1450. The third kappa shape index (κ3) is 5.03. The van der Waals surface area contributed by atoms with E-state index in [0.717, 1.165) is 11.1 Å². The zero-order valence-electron chi connectivity index (χ0n) is 19.2. The molecule has 176 valence electrons. The van der Waals surface area contributed by atoms with Crippen molar-refractivity contribution >= 4 is 17.4 Å². The Kier molecular flexibility index (Phi) is 7.14. The number of carbonyl (C=O) groups is 1. The molecule has 0 spiro atoms. The predicted molar refractivity (Wildman–Crippen MR) is 132 cm³/mol. The van der Waals surface area contributed by atoms with E-state index in [0.29, 0.717) is 39.8 Å². The maximum Gasteiger partial charge on any atom is 0.252 e. The normalized spacial score (nSPS) is 11.6. The van der Waals surface area contributed by atoms with Gasteiger partial charge in [-0.05, 0) is 42.3 Å². The lowest BCUT2D eigenvalue weighted by atomic mass is 9.98. The van der Waals surface area contributed by atoms with Crippen LogP contribution in [-0.4, -0.2) is 22.4 Å². The highest BCUT2D eigenvalue weighted by molar-refractivity contribution is 6.31. The first-order chi connectivity index (χ1) is 16.9. The zero-order chi connectivity index (χ0) is 24.9. The fraction of sp³-hybridized carbons (Fsp3) is 0.185. The van der Waals surface area contributed by atoms with E-state index in [1.807, 2.05) is 31.2 Å². The van der Waals surface area contributed by atoms with Crippen LogP contribution in [-0.2, 0) is 11.2 Å². The number of ether oxygens (including phenoxy) is 1. The fourth-order valence-electron chi connectivity index (χ4n) is 4.01. The van der Waals surface area contributed by atoms with Gasteiger partial charge in [0.05, 0.1) is 37.2 Å². The summed E-state index contributed by atoms with van der Waals surface area (Å²) in [4.78, 5) is 30.5. The molecule has 0 bridgehead atoms. The van der Waals surface area contributed by atoms with E-state index in [4.69, 9.17) is 20.8 Å². The zero-order valence-corrected chi connectivity index (χ0v) is 20.0. The van der Waals surface area contributed by atoms with Crippen molar-refractivity contribution in [3.63, 3.8) is 0 Å². The van der Waals surface area contributed by atoms with Crippen LogP contribution < -0.4 is 10.3 Å². The van der Waals surface area contributed by atoms with Crippen molar-refractivity contribution < 1.29 is 13.9 Å². The molecule has 1 atom stereocenters. The first kappa shape index (κ1) is 24.0. The van der Waals surface area contributed by atoms with Crippen LogP contribution in [0.4, 0.5) is 0 Å². The molecule has 0 saturated carbocycles. The predicted octanol–water partition coefficient (Wildman–Crippen LogP) is 5.47. The van der Waals surface area contributed by atoms with E-state index in [9.17, 15) is 14.9 Å². The van der Waals surface area contributed by atoms with Gasteiger partial charge in [0, 0.05) is 34.2 Å². The third-order valence-electron chi connectivity index (χ3n) is 5.76. The molecule has 0 N–H and O–H groups in total. The van der Waals surface area contributed by atoms with Gasteiger partial charge in [0.1, 0.15) is 12.0 Å². The fourth-order valence-corrected chi connectivity index (χ4v) is 4.18. The average Bonchev–Trinajstić information content (AvgIpc) is 3.40. The summed E-state index contributed by atoms with van der Waals surface area (Å²) in [7, 11) is 1.47. The molecule has 0 aliphatic rings. The van der Waals surface area contributed by atoms with E-state index in [2.05, 4.69) is 11.1 Å². The summed E-state index contributed by atoms with van der Waals surface area (Å²) in [5.41, 5.74) is 2.56. The van der Waals surface area contributed by atoms with Gasteiger partial charge in [-0.25, -0.2) is 4.98 Å². The summed E-state index contributed by atoms with van der Waals surface area (Å²) >= 11 is 6.13. The first-order valence-electron chi connectivity index (χ1n) is 11.0. The molecule has 2 aromatic heterocycles. The van der Waals surface area contributed by atoms with Crippen LogP contribution in [0, 0.1) is 11.3 Å². The van der Waals surface area contributed by atoms with E-state index < -0.39 is 6.04 Å². The molecular formula is C27H22ClN3O4. The Morgan fingerprint density at radius 2 is 1.97 bits per heavy atom. The summed E-state index contributed by atoms with van der Waals surface area (Å²) in [5, 5.41) is 9.93. The lowest BCUT2D eigenvalue weighted by Gasteiger charge is -2.20. The molecule has 35 heavy (non-hydrogen) atoms. The monoisotopic (exact) mass is 487 g/mol. The van der Waals surface area contributed by atoms with E-state index in [1.54, 1.807) is 24.4 Å². The summed E-state index contributed by atoms with van der Waals surface area (Å²) < 4.78 is 12.2. The van der Waals surface area contributed by atoms with Crippen LogP contribution in [0.2, 0.25) is 5.02 Å². The summed E-state index contributed by atoms with van der Waals surface area (Å²) in [6.07, 6.45) is 5.19. The minimum atomic E-state index is -0.674. The molecule has 4 aromatic rings. The molecule has 0 aliphatic carbocycles. The van der Waals surface area contributed by atoms with Crippen molar-refractivity contribution in [2.75, 3.05) is 7.11 Å². The SMILES string of the molecule is CCC(C(=O)Cc1ccc(-c2ncco2)cc1)n1cc(OC)c(-c2cc(Cl)ccc2C#N)cc1=O.